The Morgan fingerprint density at radius 2 is 2.25 bits per heavy atom. The third-order valence-electron chi connectivity index (χ3n) is 2.42. The summed E-state index contributed by atoms with van der Waals surface area (Å²) in [4.78, 5) is 10.9. The summed E-state index contributed by atoms with van der Waals surface area (Å²) < 4.78 is 5.12. The molecule has 12 heavy (non-hydrogen) atoms. The molecule has 0 atom stereocenters. The van der Waals surface area contributed by atoms with Gasteiger partial charge in [0.15, 0.2) is 0 Å². The third kappa shape index (κ3) is 1.88. The van der Waals surface area contributed by atoms with Gasteiger partial charge in [0.05, 0.1) is 13.2 Å². The quantitative estimate of drug-likeness (QED) is 0.645. The van der Waals surface area contributed by atoms with Gasteiger partial charge in [-0.1, -0.05) is 6.92 Å². The van der Waals surface area contributed by atoms with Gasteiger partial charge in [-0.2, -0.15) is 0 Å². The number of carbonyl (C=O) groups is 1. The first-order valence-corrected chi connectivity index (χ1v) is 4.26. The lowest BCUT2D eigenvalue weighted by atomic mass is 9.83. The van der Waals surface area contributed by atoms with E-state index >= 15 is 0 Å². The molecule has 0 radical (unpaired) electrons. The van der Waals surface area contributed by atoms with Crippen molar-refractivity contribution in [2.24, 2.45) is 5.41 Å². The van der Waals surface area contributed by atoms with Gasteiger partial charge in [-0.25, -0.2) is 4.79 Å². The van der Waals surface area contributed by atoms with Gasteiger partial charge >= 0.3 is 6.03 Å². The van der Waals surface area contributed by atoms with Crippen molar-refractivity contribution in [2.45, 2.75) is 13.3 Å². The number of nitrogens with one attached hydrogen (secondary N) is 2. The van der Waals surface area contributed by atoms with Crippen LogP contribution in [-0.2, 0) is 4.74 Å². The van der Waals surface area contributed by atoms with Crippen LogP contribution in [0.5, 0.6) is 0 Å². The molecule has 0 aliphatic carbocycles. The Morgan fingerprint density at radius 3 is 2.58 bits per heavy atom. The van der Waals surface area contributed by atoms with E-state index in [0.717, 1.165) is 19.6 Å². The molecule has 4 nitrogen and oxygen atoms in total. The van der Waals surface area contributed by atoms with E-state index in [2.05, 4.69) is 17.6 Å². The summed E-state index contributed by atoms with van der Waals surface area (Å²) in [5, 5.41) is 5.31. The Balaban J connectivity index is 2.24. The number of hydrogen-bond acceptors (Lipinski definition) is 2. The van der Waals surface area contributed by atoms with Gasteiger partial charge in [0.1, 0.15) is 0 Å². The van der Waals surface area contributed by atoms with E-state index in [1.54, 1.807) is 7.05 Å². The van der Waals surface area contributed by atoms with Crippen molar-refractivity contribution in [3.8, 4) is 0 Å². The molecular formula is C8H16N2O2. The third-order valence-corrected chi connectivity index (χ3v) is 2.42. The van der Waals surface area contributed by atoms with Gasteiger partial charge in [-0.3, -0.25) is 0 Å². The Hall–Kier alpha value is -0.770. The summed E-state index contributed by atoms with van der Waals surface area (Å²) in [6.07, 6.45) is 1.05. The van der Waals surface area contributed by atoms with Crippen molar-refractivity contribution < 1.29 is 9.53 Å². The van der Waals surface area contributed by atoms with Gasteiger partial charge in [0.2, 0.25) is 0 Å². The number of amides is 2. The van der Waals surface area contributed by atoms with Crippen LogP contribution in [0.2, 0.25) is 0 Å². The fraction of sp³-hybridized carbons (Fsp3) is 0.875. The first-order chi connectivity index (χ1) is 5.72. The molecule has 0 saturated carbocycles. The van der Waals surface area contributed by atoms with E-state index in [-0.39, 0.29) is 11.4 Å². The molecule has 0 bridgehead atoms. The SMILES string of the molecule is CCC1(CNC(=O)NC)COC1. The van der Waals surface area contributed by atoms with E-state index in [9.17, 15) is 4.79 Å². The molecular weight excluding hydrogens is 156 g/mol. The van der Waals surface area contributed by atoms with Crippen molar-refractivity contribution in [2.75, 3.05) is 26.8 Å². The molecule has 1 saturated heterocycles. The number of carbonyl (C=O) groups excluding carboxylic acids is 1. The fourth-order valence-corrected chi connectivity index (χ4v) is 1.18. The second-order valence-electron chi connectivity index (χ2n) is 3.28. The number of hydrogen-bond donors (Lipinski definition) is 2. The van der Waals surface area contributed by atoms with E-state index in [1.165, 1.54) is 0 Å². The Bertz CT molecular complexity index is 161. The van der Waals surface area contributed by atoms with E-state index in [4.69, 9.17) is 4.74 Å². The Labute approximate surface area is 72.7 Å². The highest BCUT2D eigenvalue weighted by Crippen LogP contribution is 2.29. The minimum Gasteiger partial charge on any atom is -0.380 e. The molecule has 70 valence electrons. The van der Waals surface area contributed by atoms with Crippen LogP contribution in [0.25, 0.3) is 0 Å². The lowest BCUT2D eigenvalue weighted by Gasteiger charge is -2.40. The largest absolute Gasteiger partial charge is 0.380 e. The predicted octanol–water partition coefficient (Wildman–Crippen LogP) is 0.342. The Morgan fingerprint density at radius 1 is 1.58 bits per heavy atom. The molecule has 1 rings (SSSR count). The van der Waals surface area contributed by atoms with Crippen molar-refractivity contribution in [3.05, 3.63) is 0 Å². The van der Waals surface area contributed by atoms with Gasteiger partial charge in [0.25, 0.3) is 0 Å². The van der Waals surface area contributed by atoms with Crippen LogP contribution in [0.4, 0.5) is 4.79 Å². The van der Waals surface area contributed by atoms with Gasteiger partial charge < -0.3 is 15.4 Å². The maximum absolute atomic E-state index is 10.9. The van der Waals surface area contributed by atoms with Crippen molar-refractivity contribution in [3.63, 3.8) is 0 Å². The molecule has 1 fully saturated rings. The van der Waals surface area contributed by atoms with Gasteiger partial charge in [-0.15, -0.1) is 0 Å². The Kier molecular flexibility index (Phi) is 2.92. The smallest absolute Gasteiger partial charge is 0.314 e. The van der Waals surface area contributed by atoms with Crippen molar-refractivity contribution in [1.82, 2.24) is 10.6 Å². The fourth-order valence-electron chi connectivity index (χ4n) is 1.18. The maximum atomic E-state index is 10.9. The average Bonchev–Trinajstić information content (AvgIpc) is 2.03. The highest BCUT2D eigenvalue weighted by molar-refractivity contribution is 5.73. The predicted molar refractivity (Wildman–Crippen MR) is 46.0 cm³/mol. The highest BCUT2D eigenvalue weighted by Gasteiger charge is 2.36. The van der Waals surface area contributed by atoms with Gasteiger partial charge in [-0.05, 0) is 6.42 Å². The van der Waals surface area contributed by atoms with Crippen molar-refractivity contribution >= 4 is 6.03 Å². The van der Waals surface area contributed by atoms with Crippen molar-refractivity contribution in [1.29, 1.82) is 0 Å². The molecule has 1 aliphatic rings. The lowest BCUT2D eigenvalue weighted by Crippen LogP contribution is -2.51. The minimum absolute atomic E-state index is 0.116. The van der Waals surface area contributed by atoms with Gasteiger partial charge in [0, 0.05) is 19.0 Å². The standard InChI is InChI=1S/C8H16N2O2/c1-3-8(5-12-6-8)4-10-7(11)9-2/h3-6H2,1-2H3,(H2,9,10,11). The monoisotopic (exact) mass is 172 g/mol. The minimum atomic E-state index is -0.116. The second-order valence-corrected chi connectivity index (χ2v) is 3.28. The molecule has 1 aliphatic heterocycles. The lowest BCUT2D eigenvalue weighted by molar-refractivity contribution is -0.111. The zero-order valence-corrected chi connectivity index (χ0v) is 7.64. The first kappa shape index (κ1) is 9.32. The first-order valence-electron chi connectivity index (χ1n) is 4.26. The second kappa shape index (κ2) is 3.76. The highest BCUT2D eigenvalue weighted by atomic mass is 16.5. The van der Waals surface area contributed by atoms with Crippen LogP contribution < -0.4 is 10.6 Å². The number of ether oxygens (including phenoxy) is 1. The normalized spacial score (nSPS) is 19.5. The number of rotatable bonds is 3. The summed E-state index contributed by atoms with van der Waals surface area (Å²) >= 11 is 0. The summed E-state index contributed by atoms with van der Waals surface area (Å²) in [6, 6.07) is -0.116. The maximum Gasteiger partial charge on any atom is 0.314 e. The molecule has 4 heteroatoms. The van der Waals surface area contributed by atoms with Crippen LogP contribution >= 0.6 is 0 Å². The summed E-state index contributed by atoms with van der Waals surface area (Å²) in [6.45, 7) is 4.37. The molecule has 2 N–H and O–H groups in total. The summed E-state index contributed by atoms with van der Waals surface area (Å²) in [5.41, 5.74) is 0.201. The summed E-state index contributed by atoms with van der Waals surface area (Å²) in [7, 11) is 1.62. The van der Waals surface area contributed by atoms with E-state index in [0.29, 0.717) is 6.54 Å². The molecule has 2 amide bonds. The van der Waals surface area contributed by atoms with Crippen LogP contribution in [-0.4, -0.2) is 32.8 Å². The molecule has 1 heterocycles. The van der Waals surface area contributed by atoms with E-state index in [1.807, 2.05) is 0 Å². The average molecular weight is 172 g/mol. The van der Waals surface area contributed by atoms with Crippen LogP contribution in [0.1, 0.15) is 13.3 Å². The molecule has 0 aromatic heterocycles. The topological polar surface area (TPSA) is 50.4 Å². The molecule has 0 spiro atoms. The molecule has 0 aromatic rings. The zero-order valence-electron chi connectivity index (χ0n) is 7.64. The van der Waals surface area contributed by atoms with Crippen LogP contribution in [0.3, 0.4) is 0 Å². The summed E-state index contributed by atoms with van der Waals surface area (Å²) in [5.74, 6) is 0. The molecule has 0 aromatic carbocycles. The van der Waals surface area contributed by atoms with E-state index < -0.39 is 0 Å². The zero-order chi connectivity index (χ0) is 9.03. The number of urea groups is 1. The van der Waals surface area contributed by atoms with Crippen LogP contribution in [0, 0.1) is 5.41 Å². The van der Waals surface area contributed by atoms with Crippen LogP contribution in [0.15, 0.2) is 0 Å². The molecule has 0 unspecified atom stereocenters.